The maximum Gasteiger partial charge on any atom is 0.317 e. The van der Waals surface area contributed by atoms with E-state index in [0.717, 1.165) is 0 Å². The van der Waals surface area contributed by atoms with Crippen molar-refractivity contribution >= 4 is 35.3 Å². The first-order valence-corrected chi connectivity index (χ1v) is 13.6. The molecule has 0 aliphatic carbocycles. The summed E-state index contributed by atoms with van der Waals surface area (Å²) in [5, 5.41) is 30.8. The zero-order valence-electron chi connectivity index (χ0n) is 23.7. The van der Waals surface area contributed by atoms with Crippen LogP contribution in [0.1, 0.15) is 15.9 Å². The fourth-order valence-corrected chi connectivity index (χ4v) is 4.65. The van der Waals surface area contributed by atoms with Gasteiger partial charge in [0.2, 0.25) is 5.91 Å². The molecular weight excluding hydrogens is 698 g/mol. The Morgan fingerprint density at radius 1 is 0.535 bits per heavy atom. The van der Waals surface area contributed by atoms with Crippen molar-refractivity contribution in [3.05, 3.63) is 65.7 Å². The van der Waals surface area contributed by atoms with E-state index in [0.29, 0.717) is 69.2 Å². The van der Waals surface area contributed by atoms with Crippen LogP contribution < -0.4 is 5.32 Å². The Hall–Kier alpha value is -2.59. The van der Waals surface area contributed by atoms with Crippen LogP contribution >= 0.6 is 0 Å². The van der Waals surface area contributed by atoms with Gasteiger partial charge in [-0.1, -0.05) is 30.3 Å². The third-order valence-electron chi connectivity index (χ3n) is 6.84. The minimum atomic E-state index is -1.02. The first kappa shape index (κ1) is 36.6. The molecule has 0 saturated carbocycles. The summed E-state index contributed by atoms with van der Waals surface area (Å²) in [5.74, 6) is -3.50. The van der Waals surface area contributed by atoms with Crippen molar-refractivity contribution in [2.45, 2.75) is 0 Å². The molecule has 2 aromatic rings. The van der Waals surface area contributed by atoms with E-state index in [1.807, 2.05) is 11.0 Å². The largest absolute Gasteiger partial charge is 0.480 e. The van der Waals surface area contributed by atoms with E-state index in [9.17, 15) is 39.3 Å². The van der Waals surface area contributed by atoms with Gasteiger partial charge < -0.3 is 20.6 Å². The molecule has 1 saturated heterocycles. The molecule has 2 aromatic carbocycles. The fraction of sp³-hybridized carbons (Fsp3) is 0.414. The summed E-state index contributed by atoms with van der Waals surface area (Å²) in [6.07, 6.45) is 0. The van der Waals surface area contributed by atoms with Crippen molar-refractivity contribution in [2.75, 3.05) is 83.9 Å². The number of ketones is 1. The number of carbonyl (C=O) groups excluding carboxylic acids is 2. The molecule has 1 aliphatic heterocycles. The summed E-state index contributed by atoms with van der Waals surface area (Å²) < 4.78 is 0. The summed E-state index contributed by atoms with van der Waals surface area (Å²) in [5.41, 5.74) is 1.56. The van der Waals surface area contributed by atoms with E-state index in [1.165, 1.54) is 0 Å². The Morgan fingerprint density at radius 3 is 1.26 bits per heavy atom. The van der Waals surface area contributed by atoms with Crippen molar-refractivity contribution in [3.63, 3.8) is 0 Å². The normalized spacial score (nSPS) is 16.2. The number of rotatable bonds is 11. The van der Waals surface area contributed by atoms with E-state index >= 15 is 0 Å². The van der Waals surface area contributed by atoms with E-state index in [1.54, 1.807) is 63.2 Å². The molecule has 0 bridgehead atoms. The van der Waals surface area contributed by atoms with Crippen molar-refractivity contribution in [2.24, 2.45) is 0 Å². The maximum atomic E-state index is 13.0. The van der Waals surface area contributed by atoms with Gasteiger partial charge in [0, 0.05) is 119 Å². The summed E-state index contributed by atoms with van der Waals surface area (Å²) in [4.78, 5) is 66.7. The molecule has 0 atom stereocenters. The molecule has 3 rings (SSSR count). The average Bonchev–Trinajstić information content (AvgIpc) is 2.94. The summed E-state index contributed by atoms with van der Waals surface area (Å²) in [6.45, 7) is 1.77. The predicted octanol–water partition coefficient (Wildman–Crippen LogP) is 0.332. The van der Waals surface area contributed by atoms with E-state index in [-0.39, 0.29) is 87.2 Å². The van der Waals surface area contributed by atoms with Gasteiger partial charge in [-0.2, -0.15) is 0 Å². The monoisotopic (exact) mass is 736 g/mol. The van der Waals surface area contributed by atoms with Gasteiger partial charge in [0.15, 0.2) is 5.78 Å². The van der Waals surface area contributed by atoms with Crippen molar-refractivity contribution in [1.82, 2.24) is 19.6 Å². The Morgan fingerprint density at radius 2 is 0.884 bits per heavy atom. The summed E-state index contributed by atoms with van der Waals surface area (Å²) >= 11 is 0. The van der Waals surface area contributed by atoms with Crippen LogP contribution in [-0.2, 0) is 19.2 Å². The van der Waals surface area contributed by atoms with Gasteiger partial charge in [0.1, 0.15) is 0 Å². The van der Waals surface area contributed by atoms with Gasteiger partial charge >= 0.3 is 17.9 Å². The number of benzene rings is 2. The zero-order chi connectivity index (χ0) is 30.5. The molecular formula is C29H37EuN5O8. The van der Waals surface area contributed by atoms with Gasteiger partial charge in [-0.3, -0.25) is 43.6 Å². The van der Waals surface area contributed by atoms with Crippen LogP contribution in [0.3, 0.4) is 0 Å². The molecule has 1 radical (unpaired) electrons. The molecule has 43 heavy (non-hydrogen) atoms. The zero-order valence-corrected chi connectivity index (χ0v) is 26.2. The van der Waals surface area contributed by atoms with E-state index in [2.05, 4.69) is 5.32 Å². The number of hydrogen-bond donors (Lipinski definition) is 4. The Balaban J connectivity index is 0.00000645. The van der Waals surface area contributed by atoms with Crippen LogP contribution in [0, 0.1) is 49.4 Å². The number of carbonyl (C=O) groups is 5. The number of nitrogens with zero attached hydrogens (tertiary/aromatic N) is 4. The summed E-state index contributed by atoms with van der Waals surface area (Å²) in [6, 6.07) is 15.5. The number of amides is 1. The van der Waals surface area contributed by atoms with Crippen molar-refractivity contribution in [1.29, 1.82) is 0 Å². The standard InChI is InChI=1S/C29H37N5O8.Eu/c35-25(30-24-8-6-23(7-9-24)29(42)22-4-2-1-3-5-22)18-31-10-12-32(19-26(36)37)14-16-34(21-28(40)41)17-15-33(13-11-31)20-27(38)39;/h1-9H,10-21H2,(H,30,35)(H,36,37)(H,38,39)(H,40,41);. The van der Waals surface area contributed by atoms with Gasteiger partial charge in [-0.05, 0) is 24.3 Å². The third kappa shape index (κ3) is 13.7. The number of anilines is 1. The van der Waals surface area contributed by atoms with E-state index < -0.39 is 17.9 Å². The van der Waals surface area contributed by atoms with Gasteiger partial charge in [0.25, 0.3) is 0 Å². The minimum absolute atomic E-state index is 0. The van der Waals surface area contributed by atoms with Crippen LogP contribution in [-0.4, -0.2) is 143 Å². The van der Waals surface area contributed by atoms with Gasteiger partial charge in [0.05, 0.1) is 26.2 Å². The minimum Gasteiger partial charge on any atom is -0.480 e. The topological polar surface area (TPSA) is 171 Å². The third-order valence-corrected chi connectivity index (χ3v) is 6.84. The second-order valence-corrected chi connectivity index (χ2v) is 10.1. The average molecular weight is 736 g/mol. The van der Waals surface area contributed by atoms with Gasteiger partial charge in [-0.15, -0.1) is 0 Å². The Labute approximate surface area is 291 Å². The number of nitrogens with one attached hydrogen (secondary N) is 1. The number of carboxylic acid groups (broad SMARTS) is 3. The molecule has 13 nitrogen and oxygen atoms in total. The molecule has 4 N–H and O–H groups in total. The number of aliphatic carboxylic acids is 3. The second-order valence-electron chi connectivity index (χ2n) is 10.1. The number of carboxylic acids is 3. The molecule has 0 aromatic heterocycles. The van der Waals surface area contributed by atoms with Crippen LogP contribution in [0.25, 0.3) is 0 Å². The second kappa shape index (κ2) is 18.9. The fourth-order valence-electron chi connectivity index (χ4n) is 4.65. The maximum absolute atomic E-state index is 13.0. The Kier molecular flexibility index (Phi) is 16.1. The molecule has 14 heteroatoms. The molecule has 0 spiro atoms. The van der Waals surface area contributed by atoms with Crippen molar-refractivity contribution < 1.29 is 88.7 Å². The SMILES string of the molecule is O=C(O)CN1CCN(CC(=O)O)CCN(CC(=O)Nc2ccc(C(=O)c3ccccc3)cc2)CCN(CC(=O)O)CC1.[Eu]. The van der Waals surface area contributed by atoms with Crippen LogP contribution in [0.5, 0.6) is 0 Å². The molecule has 233 valence electrons. The predicted molar refractivity (Wildman–Crippen MR) is 154 cm³/mol. The van der Waals surface area contributed by atoms with Crippen LogP contribution in [0.15, 0.2) is 54.6 Å². The first-order chi connectivity index (χ1) is 20.1. The van der Waals surface area contributed by atoms with E-state index in [4.69, 9.17) is 0 Å². The van der Waals surface area contributed by atoms with Crippen molar-refractivity contribution in [3.8, 4) is 0 Å². The molecule has 1 amide bonds. The first-order valence-electron chi connectivity index (χ1n) is 13.6. The molecule has 0 unspecified atom stereocenters. The smallest absolute Gasteiger partial charge is 0.317 e. The Bertz CT molecular complexity index is 1200. The van der Waals surface area contributed by atoms with Gasteiger partial charge in [-0.25, -0.2) is 0 Å². The van der Waals surface area contributed by atoms with Crippen LogP contribution in [0.2, 0.25) is 0 Å². The molecule has 1 aliphatic rings. The summed E-state index contributed by atoms with van der Waals surface area (Å²) in [7, 11) is 0. The van der Waals surface area contributed by atoms with Crippen LogP contribution in [0.4, 0.5) is 5.69 Å². The quantitative estimate of drug-likeness (QED) is 0.234. The molecule has 1 heterocycles. The molecule has 1 fully saturated rings. The number of hydrogen-bond acceptors (Lipinski definition) is 9.